The molecule has 0 N–H and O–H groups in total. The van der Waals surface area contributed by atoms with Crippen molar-refractivity contribution >= 4 is 11.8 Å². The largest absolute Gasteiger partial charge is 0.375 e. The lowest BCUT2D eigenvalue weighted by atomic mass is 10.1. The number of ether oxygens (including phenoxy) is 2. The van der Waals surface area contributed by atoms with Crippen LogP contribution in [0.5, 0.6) is 0 Å². The summed E-state index contributed by atoms with van der Waals surface area (Å²) in [5.41, 5.74) is 1.83. The standard InChI is InChI=1S/C14H24O2S/c1-10-7-15-11(2)12(3)16-8-14(5-6-14)9-17-13(10)4/h11-12H,5-9H2,1-4H3/b13-10-/t11-,12+/m1/s1. The third kappa shape index (κ3) is 3.49. The molecule has 1 spiro atoms. The molecule has 3 heteroatoms. The zero-order valence-corrected chi connectivity index (χ0v) is 12.2. The van der Waals surface area contributed by atoms with Gasteiger partial charge in [-0.2, -0.15) is 0 Å². The summed E-state index contributed by atoms with van der Waals surface area (Å²) in [7, 11) is 0. The van der Waals surface area contributed by atoms with Crippen LogP contribution in [0.4, 0.5) is 0 Å². The first-order valence-corrected chi connectivity index (χ1v) is 7.53. The fourth-order valence-electron chi connectivity index (χ4n) is 1.83. The quantitative estimate of drug-likeness (QED) is 0.659. The molecule has 17 heavy (non-hydrogen) atoms. The molecule has 2 aliphatic rings. The van der Waals surface area contributed by atoms with E-state index in [0.29, 0.717) is 5.41 Å². The molecule has 1 aliphatic carbocycles. The Labute approximate surface area is 109 Å². The predicted octanol–water partition coefficient (Wildman–Crippen LogP) is 3.62. The smallest absolute Gasteiger partial charge is 0.0810 e. The van der Waals surface area contributed by atoms with Crippen molar-refractivity contribution in [3.05, 3.63) is 10.5 Å². The highest BCUT2D eigenvalue weighted by atomic mass is 32.2. The summed E-state index contributed by atoms with van der Waals surface area (Å²) in [5, 5.41) is 0. The molecule has 1 aliphatic heterocycles. The highest BCUT2D eigenvalue weighted by Gasteiger charge is 2.43. The fourth-order valence-corrected chi connectivity index (χ4v) is 3.03. The SMILES string of the molecule is C/C1=C(\C)SCC2(CC2)CO[C@@H](C)[C@@H](C)OC1. The molecule has 0 aromatic carbocycles. The van der Waals surface area contributed by atoms with E-state index in [9.17, 15) is 0 Å². The van der Waals surface area contributed by atoms with Crippen LogP contribution in [-0.4, -0.2) is 31.2 Å². The summed E-state index contributed by atoms with van der Waals surface area (Å²) in [6.45, 7) is 10.3. The third-order valence-electron chi connectivity index (χ3n) is 4.03. The van der Waals surface area contributed by atoms with Crippen LogP contribution in [0, 0.1) is 5.41 Å². The van der Waals surface area contributed by atoms with Crippen LogP contribution in [-0.2, 0) is 9.47 Å². The van der Waals surface area contributed by atoms with E-state index in [-0.39, 0.29) is 12.2 Å². The van der Waals surface area contributed by atoms with Gasteiger partial charge in [-0.1, -0.05) is 0 Å². The van der Waals surface area contributed by atoms with Crippen molar-refractivity contribution in [2.75, 3.05) is 19.0 Å². The molecule has 0 saturated heterocycles. The Kier molecular flexibility index (Phi) is 4.22. The van der Waals surface area contributed by atoms with E-state index in [1.54, 1.807) is 0 Å². The molecular weight excluding hydrogens is 232 g/mol. The molecule has 0 amide bonds. The maximum atomic E-state index is 5.98. The van der Waals surface area contributed by atoms with Crippen LogP contribution < -0.4 is 0 Å². The molecule has 2 atom stereocenters. The average Bonchev–Trinajstić information content (AvgIpc) is 3.09. The Bertz CT molecular complexity index is 307. The Morgan fingerprint density at radius 1 is 1.12 bits per heavy atom. The van der Waals surface area contributed by atoms with Gasteiger partial charge in [0.25, 0.3) is 0 Å². The van der Waals surface area contributed by atoms with E-state index >= 15 is 0 Å². The lowest BCUT2D eigenvalue weighted by Gasteiger charge is -2.23. The van der Waals surface area contributed by atoms with Crippen LogP contribution in [0.1, 0.15) is 40.5 Å². The number of hydrogen-bond donors (Lipinski definition) is 0. The molecular formula is C14H24O2S. The van der Waals surface area contributed by atoms with Gasteiger partial charge in [-0.05, 0) is 51.0 Å². The molecule has 0 aromatic heterocycles. The van der Waals surface area contributed by atoms with Crippen LogP contribution in [0.25, 0.3) is 0 Å². The summed E-state index contributed by atoms with van der Waals surface area (Å²) in [6.07, 6.45) is 3.03. The second-order valence-electron chi connectivity index (χ2n) is 5.66. The van der Waals surface area contributed by atoms with Crippen LogP contribution in [0.2, 0.25) is 0 Å². The van der Waals surface area contributed by atoms with Gasteiger partial charge in [0.15, 0.2) is 0 Å². The van der Waals surface area contributed by atoms with Gasteiger partial charge in [0, 0.05) is 11.2 Å². The zero-order chi connectivity index (χ0) is 12.5. The highest BCUT2D eigenvalue weighted by Crippen LogP contribution is 2.49. The van der Waals surface area contributed by atoms with Gasteiger partial charge in [-0.25, -0.2) is 0 Å². The van der Waals surface area contributed by atoms with Crippen LogP contribution >= 0.6 is 11.8 Å². The van der Waals surface area contributed by atoms with Gasteiger partial charge in [-0.15, -0.1) is 11.8 Å². The minimum Gasteiger partial charge on any atom is -0.375 e. The van der Waals surface area contributed by atoms with Gasteiger partial charge < -0.3 is 9.47 Å². The lowest BCUT2D eigenvalue weighted by Crippen LogP contribution is -2.29. The van der Waals surface area contributed by atoms with Gasteiger partial charge in [0.05, 0.1) is 25.4 Å². The van der Waals surface area contributed by atoms with Gasteiger partial charge >= 0.3 is 0 Å². The molecule has 0 unspecified atom stereocenters. The summed E-state index contributed by atoms with van der Waals surface area (Å²) in [4.78, 5) is 1.43. The minimum atomic E-state index is 0.177. The number of rotatable bonds is 0. The van der Waals surface area contributed by atoms with Crippen molar-refractivity contribution in [3.8, 4) is 0 Å². The van der Waals surface area contributed by atoms with E-state index in [1.165, 1.54) is 29.1 Å². The van der Waals surface area contributed by atoms with Gasteiger partial charge in [0.1, 0.15) is 0 Å². The molecule has 98 valence electrons. The molecule has 0 bridgehead atoms. The topological polar surface area (TPSA) is 18.5 Å². The Balaban J connectivity index is 2.05. The fraction of sp³-hybridized carbons (Fsp3) is 0.857. The summed E-state index contributed by atoms with van der Waals surface area (Å²) in [6, 6.07) is 0. The first kappa shape index (κ1) is 13.4. The first-order valence-electron chi connectivity index (χ1n) is 6.55. The second-order valence-corrected chi connectivity index (χ2v) is 6.85. The normalized spacial score (nSPS) is 38.8. The van der Waals surface area contributed by atoms with Crippen molar-refractivity contribution in [2.45, 2.75) is 52.7 Å². The van der Waals surface area contributed by atoms with E-state index in [1.807, 2.05) is 11.8 Å². The predicted molar refractivity (Wildman–Crippen MR) is 73.3 cm³/mol. The molecule has 2 rings (SSSR count). The molecule has 0 aromatic rings. The van der Waals surface area contributed by atoms with Crippen molar-refractivity contribution < 1.29 is 9.47 Å². The van der Waals surface area contributed by atoms with E-state index in [0.717, 1.165) is 13.2 Å². The van der Waals surface area contributed by atoms with Crippen molar-refractivity contribution in [2.24, 2.45) is 5.41 Å². The Hall–Kier alpha value is 0.01000. The number of thioether (sulfide) groups is 1. The van der Waals surface area contributed by atoms with Crippen LogP contribution in [0.15, 0.2) is 10.5 Å². The van der Waals surface area contributed by atoms with Crippen molar-refractivity contribution in [3.63, 3.8) is 0 Å². The number of hydrogen-bond acceptors (Lipinski definition) is 3. The van der Waals surface area contributed by atoms with Crippen molar-refractivity contribution in [1.29, 1.82) is 0 Å². The maximum absolute atomic E-state index is 5.98. The lowest BCUT2D eigenvalue weighted by molar-refractivity contribution is -0.0603. The summed E-state index contributed by atoms with van der Waals surface area (Å²) >= 11 is 1.98. The first-order chi connectivity index (χ1) is 8.02. The molecule has 1 fully saturated rings. The van der Waals surface area contributed by atoms with E-state index in [2.05, 4.69) is 27.7 Å². The molecule has 2 nitrogen and oxygen atoms in total. The van der Waals surface area contributed by atoms with Gasteiger partial charge in [-0.3, -0.25) is 0 Å². The Morgan fingerprint density at radius 2 is 1.76 bits per heavy atom. The summed E-state index contributed by atoms with van der Waals surface area (Å²) < 4.78 is 11.8. The summed E-state index contributed by atoms with van der Waals surface area (Å²) in [5.74, 6) is 1.21. The number of allylic oxidation sites excluding steroid dienone is 1. The zero-order valence-electron chi connectivity index (χ0n) is 11.4. The minimum absolute atomic E-state index is 0.177. The maximum Gasteiger partial charge on any atom is 0.0810 e. The monoisotopic (exact) mass is 256 g/mol. The highest BCUT2D eigenvalue weighted by molar-refractivity contribution is 8.03. The second kappa shape index (κ2) is 5.33. The molecule has 1 saturated carbocycles. The van der Waals surface area contributed by atoms with E-state index < -0.39 is 0 Å². The molecule has 0 radical (unpaired) electrons. The van der Waals surface area contributed by atoms with E-state index in [4.69, 9.17) is 9.47 Å². The Morgan fingerprint density at radius 3 is 2.41 bits per heavy atom. The third-order valence-corrected chi connectivity index (χ3v) is 5.57. The molecule has 1 heterocycles. The van der Waals surface area contributed by atoms with Crippen LogP contribution in [0.3, 0.4) is 0 Å². The average molecular weight is 256 g/mol. The van der Waals surface area contributed by atoms with Gasteiger partial charge in [0.2, 0.25) is 0 Å². The van der Waals surface area contributed by atoms with Crippen molar-refractivity contribution in [1.82, 2.24) is 0 Å².